The summed E-state index contributed by atoms with van der Waals surface area (Å²) in [6.45, 7) is 13.9. The van der Waals surface area contributed by atoms with Crippen LogP contribution in [0.15, 0.2) is 36.9 Å². The molecule has 174 valence electrons. The SMILES string of the molecule is C=CC(=O)N1C[C@]2(CCN(C(=O)[C@H]3COC(C)(C)C[C@@H]3c3ccccc3Cl)[C@@H](C)C2)[C@H]1C. The highest BCUT2D eigenvalue weighted by molar-refractivity contribution is 6.31. The third-order valence-electron chi connectivity index (χ3n) is 8.14. The van der Waals surface area contributed by atoms with Crippen molar-refractivity contribution in [2.45, 2.75) is 70.6 Å². The standard InChI is InChI=1S/C26H35ClN2O3/c1-6-23(30)29-16-26(18(29)3)11-12-28(17(2)13-26)24(31)21-15-32-25(4,5)14-20(21)19-9-7-8-10-22(19)27/h6-10,17-18,20-21H,1,11-16H2,2-5H3/t17-,18+,20+,21-,26+/m0/s1. The van der Waals surface area contributed by atoms with Gasteiger partial charge in [0.1, 0.15) is 0 Å². The van der Waals surface area contributed by atoms with Gasteiger partial charge in [-0.25, -0.2) is 0 Å². The number of nitrogens with zero attached hydrogens (tertiary/aromatic N) is 2. The molecule has 0 bridgehead atoms. The van der Waals surface area contributed by atoms with Gasteiger partial charge in [0.05, 0.1) is 18.1 Å². The molecular formula is C26H35ClN2O3. The number of hydrogen-bond donors (Lipinski definition) is 0. The largest absolute Gasteiger partial charge is 0.375 e. The molecule has 3 heterocycles. The van der Waals surface area contributed by atoms with Crippen molar-refractivity contribution in [1.82, 2.24) is 9.80 Å². The fourth-order valence-electron chi connectivity index (χ4n) is 6.15. The van der Waals surface area contributed by atoms with Gasteiger partial charge in [-0.2, -0.15) is 0 Å². The molecule has 0 aromatic heterocycles. The Morgan fingerprint density at radius 2 is 1.91 bits per heavy atom. The molecule has 5 nitrogen and oxygen atoms in total. The van der Waals surface area contributed by atoms with Gasteiger partial charge < -0.3 is 14.5 Å². The average molecular weight is 459 g/mol. The van der Waals surface area contributed by atoms with E-state index in [4.69, 9.17) is 16.3 Å². The maximum Gasteiger partial charge on any atom is 0.246 e. The minimum absolute atomic E-state index is 0.00108. The molecule has 0 aliphatic carbocycles. The number of piperidine rings is 1. The monoisotopic (exact) mass is 458 g/mol. The molecule has 3 saturated heterocycles. The van der Waals surface area contributed by atoms with Crippen LogP contribution in [-0.4, -0.2) is 59.0 Å². The molecule has 3 aliphatic heterocycles. The number of amides is 2. The second-order valence-electron chi connectivity index (χ2n) is 10.6. The Balaban J connectivity index is 1.51. The van der Waals surface area contributed by atoms with E-state index in [1.165, 1.54) is 6.08 Å². The summed E-state index contributed by atoms with van der Waals surface area (Å²) in [4.78, 5) is 29.8. The van der Waals surface area contributed by atoms with E-state index in [0.717, 1.165) is 37.9 Å². The maximum atomic E-state index is 13.8. The van der Waals surface area contributed by atoms with Gasteiger partial charge in [-0.05, 0) is 64.7 Å². The van der Waals surface area contributed by atoms with Crippen molar-refractivity contribution in [3.8, 4) is 0 Å². The normalized spacial score (nSPS) is 34.2. The average Bonchev–Trinajstić information content (AvgIpc) is 2.76. The summed E-state index contributed by atoms with van der Waals surface area (Å²) in [5.41, 5.74) is 0.846. The van der Waals surface area contributed by atoms with Crippen LogP contribution >= 0.6 is 11.6 Å². The lowest BCUT2D eigenvalue weighted by molar-refractivity contribution is -0.168. The zero-order valence-electron chi connectivity index (χ0n) is 19.6. The van der Waals surface area contributed by atoms with Crippen LogP contribution in [-0.2, 0) is 14.3 Å². The summed E-state index contributed by atoms with van der Waals surface area (Å²) in [7, 11) is 0. The van der Waals surface area contributed by atoms with Crippen molar-refractivity contribution in [2.24, 2.45) is 11.3 Å². The molecule has 5 atom stereocenters. The van der Waals surface area contributed by atoms with Gasteiger partial charge in [-0.1, -0.05) is 36.4 Å². The molecule has 0 saturated carbocycles. The van der Waals surface area contributed by atoms with Crippen LogP contribution in [0.25, 0.3) is 0 Å². The first-order valence-corrected chi connectivity index (χ1v) is 12.1. The minimum Gasteiger partial charge on any atom is -0.375 e. The summed E-state index contributed by atoms with van der Waals surface area (Å²) in [5.74, 6) is -0.0407. The van der Waals surface area contributed by atoms with Gasteiger partial charge in [0.25, 0.3) is 0 Å². The third kappa shape index (κ3) is 3.99. The Bertz CT molecular complexity index is 916. The first kappa shape index (κ1) is 23.3. The Labute approximate surface area is 196 Å². The van der Waals surface area contributed by atoms with Crippen molar-refractivity contribution in [2.75, 3.05) is 19.7 Å². The number of carbonyl (C=O) groups is 2. The fraction of sp³-hybridized carbons (Fsp3) is 0.615. The molecule has 6 heteroatoms. The van der Waals surface area contributed by atoms with Crippen molar-refractivity contribution in [3.05, 3.63) is 47.5 Å². The molecule has 1 spiro atoms. The molecule has 32 heavy (non-hydrogen) atoms. The Kier molecular flexibility index (Phi) is 6.19. The molecule has 1 aromatic rings. The molecule has 4 rings (SSSR count). The van der Waals surface area contributed by atoms with Gasteiger partial charge in [-0.15, -0.1) is 0 Å². The van der Waals surface area contributed by atoms with E-state index in [0.29, 0.717) is 11.6 Å². The predicted octanol–water partition coefficient (Wildman–Crippen LogP) is 4.65. The summed E-state index contributed by atoms with van der Waals surface area (Å²) in [6.07, 6.45) is 3.98. The second-order valence-corrected chi connectivity index (χ2v) is 11.0. The number of halogens is 1. The Morgan fingerprint density at radius 3 is 2.53 bits per heavy atom. The molecule has 3 fully saturated rings. The highest BCUT2D eigenvalue weighted by Gasteiger charge is 2.55. The van der Waals surface area contributed by atoms with Gasteiger partial charge in [-0.3, -0.25) is 9.59 Å². The summed E-state index contributed by atoms with van der Waals surface area (Å²) in [6, 6.07) is 8.18. The zero-order valence-corrected chi connectivity index (χ0v) is 20.4. The Hall–Kier alpha value is -1.85. The lowest BCUT2D eigenvalue weighted by Crippen LogP contribution is -2.69. The minimum atomic E-state index is -0.291. The molecule has 0 unspecified atom stereocenters. The number of ether oxygens (including phenoxy) is 1. The highest BCUT2D eigenvalue weighted by Crippen LogP contribution is 2.49. The van der Waals surface area contributed by atoms with E-state index in [1.54, 1.807) is 0 Å². The van der Waals surface area contributed by atoms with Crippen molar-refractivity contribution in [3.63, 3.8) is 0 Å². The van der Waals surface area contributed by atoms with E-state index in [9.17, 15) is 9.59 Å². The quantitative estimate of drug-likeness (QED) is 0.619. The molecular weight excluding hydrogens is 424 g/mol. The molecule has 0 radical (unpaired) electrons. The van der Waals surface area contributed by atoms with E-state index in [-0.39, 0.29) is 46.7 Å². The number of rotatable bonds is 3. The molecule has 2 amide bonds. The van der Waals surface area contributed by atoms with E-state index in [2.05, 4.69) is 34.3 Å². The number of carbonyl (C=O) groups excluding carboxylic acids is 2. The predicted molar refractivity (Wildman–Crippen MR) is 127 cm³/mol. The zero-order chi connectivity index (χ0) is 23.3. The number of hydrogen-bond acceptors (Lipinski definition) is 3. The highest BCUT2D eigenvalue weighted by atomic mass is 35.5. The van der Waals surface area contributed by atoms with Crippen LogP contribution in [0.1, 0.15) is 58.4 Å². The first-order chi connectivity index (χ1) is 15.1. The summed E-state index contributed by atoms with van der Waals surface area (Å²) >= 11 is 6.56. The lowest BCUT2D eigenvalue weighted by atomic mass is 9.64. The van der Waals surface area contributed by atoms with Crippen LogP contribution in [0.2, 0.25) is 5.02 Å². The second kappa shape index (κ2) is 8.49. The molecule has 0 N–H and O–H groups in total. The van der Waals surface area contributed by atoms with Crippen molar-refractivity contribution in [1.29, 1.82) is 0 Å². The number of likely N-dealkylation sites (tertiary alicyclic amines) is 2. The van der Waals surface area contributed by atoms with Crippen molar-refractivity contribution < 1.29 is 14.3 Å². The maximum absolute atomic E-state index is 13.8. The van der Waals surface area contributed by atoms with Crippen LogP contribution in [0.5, 0.6) is 0 Å². The van der Waals surface area contributed by atoms with Crippen LogP contribution in [0.3, 0.4) is 0 Å². The van der Waals surface area contributed by atoms with Gasteiger partial charge >= 0.3 is 0 Å². The lowest BCUT2D eigenvalue weighted by Gasteiger charge is -2.60. The van der Waals surface area contributed by atoms with Crippen LogP contribution in [0, 0.1) is 11.3 Å². The van der Waals surface area contributed by atoms with Crippen LogP contribution < -0.4 is 0 Å². The molecule has 1 aromatic carbocycles. The Morgan fingerprint density at radius 1 is 1.19 bits per heavy atom. The van der Waals surface area contributed by atoms with E-state index < -0.39 is 0 Å². The van der Waals surface area contributed by atoms with E-state index >= 15 is 0 Å². The summed E-state index contributed by atoms with van der Waals surface area (Å²) < 4.78 is 6.12. The summed E-state index contributed by atoms with van der Waals surface area (Å²) in [5, 5.41) is 0.717. The van der Waals surface area contributed by atoms with Crippen molar-refractivity contribution >= 4 is 23.4 Å². The fourth-order valence-corrected chi connectivity index (χ4v) is 6.42. The first-order valence-electron chi connectivity index (χ1n) is 11.7. The van der Waals surface area contributed by atoms with Gasteiger partial charge in [0.2, 0.25) is 11.8 Å². The third-order valence-corrected chi connectivity index (χ3v) is 8.48. The smallest absolute Gasteiger partial charge is 0.246 e. The van der Waals surface area contributed by atoms with Crippen LogP contribution in [0.4, 0.5) is 0 Å². The van der Waals surface area contributed by atoms with Gasteiger partial charge in [0, 0.05) is 41.5 Å². The number of benzene rings is 1. The topological polar surface area (TPSA) is 49.9 Å². The molecule has 3 aliphatic rings. The van der Waals surface area contributed by atoms with Gasteiger partial charge in [0.15, 0.2) is 0 Å². The van der Waals surface area contributed by atoms with E-state index in [1.807, 2.05) is 34.1 Å².